The Morgan fingerprint density at radius 1 is 1.15 bits per heavy atom. The minimum absolute atomic E-state index is 0.102. The molecule has 0 bridgehead atoms. The van der Waals surface area contributed by atoms with Gasteiger partial charge in [0.05, 0.1) is 16.3 Å². The quantitative estimate of drug-likeness (QED) is 0.749. The number of carbonyl (C=O) groups excluding carboxylic acids is 1. The number of hydrogen-bond acceptors (Lipinski definition) is 4. The molecule has 0 aliphatic carbocycles. The Kier molecular flexibility index (Phi) is 4.85. The van der Waals surface area contributed by atoms with Crippen molar-refractivity contribution in [3.8, 4) is 16.3 Å². The lowest BCUT2D eigenvalue weighted by atomic mass is 9.89. The SMILES string of the molecule is CN1CCC(C)(NC(=O)c2cc(-c3cccs3)n(-c3ccccc3)n2)CC1. The Morgan fingerprint density at radius 3 is 2.56 bits per heavy atom. The van der Waals surface area contributed by atoms with E-state index in [9.17, 15) is 4.79 Å². The van der Waals surface area contributed by atoms with E-state index in [1.54, 1.807) is 11.3 Å². The fraction of sp³-hybridized carbons (Fsp3) is 0.333. The van der Waals surface area contributed by atoms with Crippen LogP contribution in [-0.2, 0) is 0 Å². The molecule has 1 fully saturated rings. The van der Waals surface area contributed by atoms with Crippen molar-refractivity contribution in [2.45, 2.75) is 25.3 Å². The third-order valence-corrected chi connectivity index (χ3v) is 6.11. The molecule has 140 valence electrons. The molecular weight excluding hydrogens is 356 g/mol. The van der Waals surface area contributed by atoms with Crippen LogP contribution in [0.25, 0.3) is 16.3 Å². The van der Waals surface area contributed by atoms with E-state index in [4.69, 9.17) is 0 Å². The van der Waals surface area contributed by atoms with Crippen molar-refractivity contribution in [1.82, 2.24) is 20.0 Å². The molecular formula is C21H24N4OS. The second-order valence-corrected chi connectivity index (χ2v) is 8.41. The lowest BCUT2D eigenvalue weighted by molar-refractivity contribution is 0.0846. The van der Waals surface area contributed by atoms with Crippen LogP contribution in [0.2, 0.25) is 0 Å². The van der Waals surface area contributed by atoms with Crippen molar-refractivity contribution in [2.75, 3.05) is 20.1 Å². The lowest BCUT2D eigenvalue weighted by Crippen LogP contribution is -2.52. The number of nitrogens with one attached hydrogen (secondary N) is 1. The minimum Gasteiger partial charge on any atom is -0.345 e. The number of rotatable bonds is 4. The molecule has 1 aliphatic rings. The van der Waals surface area contributed by atoms with Crippen LogP contribution in [0.5, 0.6) is 0 Å². The average Bonchev–Trinajstić information content (AvgIpc) is 3.34. The Balaban J connectivity index is 1.64. The van der Waals surface area contributed by atoms with Gasteiger partial charge < -0.3 is 10.2 Å². The van der Waals surface area contributed by atoms with Crippen LogP contribution in [0.15, 0.2) is 53.9 Å². The van der Waals surface area contributed by atoms with Crippen molar-refractivity contribution in [3.63, 3.8) is 0 Å². The summed E-state index contributed by atoms with van der Waals surface area (Å²) < 4.78 is 1.86. The highest BCUT2D eigenvalue weighted by atomic mass is 32.1. The summed E-state index contributed by atoms with van der Waals surface area (Å²) >= 11 is 1.65. The Hall–Kier alpha value is -2.44. The first kappa shape index (κ1) is 17.9. The minimum atomic E-state index is -0.177. The number of hydrogen-bond donors (Lipinski definition) is 1. The van der Waals surface area contributed by atoms with Crippen LogP contribution in [0.4, 0.5) is 0 Å². The maximum absolute atomic E-state index is 13.0. The Labute approximate surface area is 163 Å². The lowest BCUT2D eigenvalue weighted by Gasteiger charge is -2.38. The van der Waals surface area contributed by atoms with E-state index < -0.39 is 0 Å². The Bertz CT molecular complexity index is 909. The van der Waals surface area contributed by atoms with Crippen LogP contribution in [0.1, 0.15) is 30.3 Å². The number of aromatic nitrogens is 2. The highest BCUT2D eigenvalue weighted by molar-refractivity contribution is 7.13. The fourth-order valence-corrected chi connectivity index (χ4v) is 4.16. The number of piperidine rings is 1. The van der Waals surface area contributed by atoms with E-state index in [-0.39, 0.29) is 11.4 Å². The van der Waals surface area contributed by atoms with Crippen molar-refractivity contribution < 1.29 is 4.79 Å². The summed E-state index contributed by atoms with van der Waals surface area (Å²) in [7, 11) is 2.12. The summed E-state index contributed by atoms with van der Waals surface area (Å²) in [6.45, 7) is 4.12. The molecule has 3 aromatic rings. The molecule has 3 heterocycles. The topological polar surface area (TPSA) is 50.2 Å². The van der Waals surface area contributed by atoms with E-state index >= 15 is 0 Å². The van der Waals surface area contributed by atoms with Gasteiger partial charge in [-0.3, -0.25) is 4.79 Å². The van der Waals surface area contributed by atoms with Gasteiger partial charge >= 0.3 is 0 Å². The maximum Gasteiger partial charge on any atom is 0.272 e. The summed E-state index contributed by atoms with van der Waals surface area (Å²) in [5.41, 5.74) is 2.17. The standard InChI is InChI=1S/C21H24N4OS/c1-21(10-12-24(2)13-11-21)22-20(26)17-15-18(19-9-6-14-27-19)25(23-17)16-7-4-3-5-8-16/h3-9,14-15H,10-13H2,1-2H3,(H,22,26). The fourth-order valence-electron chi connectivity index (χ4n) is 3.43. The van der Waals surface area contributed by atoms with E-state index in [2.05, 4.69) is 35.4 Å². The monoisotopic (exact) mass is 380 g/mol. The zero-order chi connectivity index (χ0) is 18.9. The molecule has 1 aromatic carbocycles. The van der Waals surface area contributed by atoms with Gasteiger partial charge in [0, 0.05) is 18.6 Å². The summed E-state index contributed by atoms with van der Waals surface area (Å²) in [5.74, 6) is -0.102. The number of para-hydroxylation sites is 1. The average molecular weight is 381 g/mol. The summed E-state index contributed by atoms with van der Waals surface area (Å²) in [6, 6.07) is 15.9. The predicted molar refractivity (Wildman–Crippen MR) is 109 cm³/mol. The molecule has 1 amide bonds. The first-order valence-corrected chi connectivity index (χ1v) is 10.1. The van der Waals surface area contributed by atoms with Gasteiger partial charge in [-0.1, -0.05) is 24.3 Å². The summed E-state index contributed by atoms with van der Waals surface area (Å²) in [4.78, 5) is 16.4. The van der Waals surface area contributed by atoms with Crippen LogP contribution < -0.4 is 5.32 Å². The van der Waals surface area contributed by atoms with Gasteiger partial charge in [-0.05, 0) is 56.5 Å². The molecule has 4 rings (SSSR count). The molecule has 1 aliphatic heterocycles. The molecule has 1 N–H and O–H groups in total. The van der Waals surface area contributed by atoms with E-state index in [1.165, 1.54) is 0 Å². The number of thiophene rings is 1. The van der Waals surface area contributed by atoms with E-state index in [0.717, 1.165) is 42.2 Å². The largest absolute Gasteiger partial charge is 0.345 e. The van der Waals surface area contributed by atoms with Gasteiger partial charge in [0.1, 0.15) is 0 Å². The van der Waals surface area contributed by atoms with Gasteiger partial charge in [-0.15, -0.1) is 11.3 Å². The molecule has 0 spiro atoms. The third kappa shape index (κ3) is 3.82. The molecule has 1 saturated heterocycles. The molecule has 2 aromatic heterocycles. The van der Waals surface area contributed by atoms with Gasteiger partial charge in [-0.25, -0.2) is 4.68 Å². The number of benzene rings is 1. The van der Waals surface area contributed by atoms with Crippen molar-refractivity contribution in [3.05, 3.63) is 59.6 Å². The number of carbonyl (C=O) groups is 1. The Morgan fingerprint density at radius 2 is 1.89 bits per heavy atom. The highest BCUT2D eigenvalue weighted by Gasteiger charge is 2.31. The first-order valence-electron chi connectivity index (χ1n) is 9.24. The summed E-state index contributed by atoms with van der Waals surface area (Å²) in [6.07, 6.45) is 1.90. The number of nitrogens with zero attached hydrogens (tertiary/aromatic N) is 3. The number of likely N-dealkylation sites (tertiary alicyclic amines) is 1. The second kappa shape index (κ2) is 7.29. The molecule has 27 heavy (non-hydrogen) atoms. The van der Waals surface area contributed by atoms with E-state index in [1.807, 2.05) is 52.5 Å². The number of amides is 1. The van der Waals surface area contributed by atoms with Crippen LogP contribution in [0.3, 0.4) is 0 Å². The molecule has 0 saturated carbocycles. The second-order valence-electron chi connectivity index (χ2n) is 7.46. The van der Waals surface area contributed by atoms with E-state index in [0.29, 0.717) is 5.69 Å². The van der Waals surface area contributed by atoms with Gasteiger partial charge in [0.25, 0.3) is 5.91 Å². The maximum atomic E-state index is 13.0. The van der Waals surface area contributed by atoms with Gasteiger partial charge in [-0.2, -0.15) is 5.10 Å². The normalized spacial score (nSPS) is 17.0. The first-order chi connectivity index (χ1) is 13.0. The molecule has 0 unspecified atom stereocenters. The van der Waals surface area contributed by atoms with Crippen molar-refractivity contribution in [1.29, 1.82) is 0 Å². The summed E-state index contributed by atoms with van der Waals surface area (Å²) in [5, 5.41) is 9.92. The van der Waals surface area contributed by atoms with Gasteiger partial charge in [0.2, 0.25) is 0 Å². The molecule has 5 nitrogen and oxygen atoms in total. The highest BCUT2D eigenvalue weighted by Crippen LogP contribution is 2.28. The molecule has 6 heteroatoms. The third-order valence-electron chi connectivity index (χ3n) is 5.22. The van der Waals surface area contributed by atoms with Crippen LogP contribution in [0, 0.1) is 0 Å². The van der Waals surface area contributed by atoms with Gasteiger partial charge in [0.15, 0.2) is 5.69 Å². The predicted octanol–water partition coefficient (Wildman–Crippen LogP) is 3.81. The molecule has 0 atom stereocenters. The van der Waals surface area contributed by atoms with Crippen LogP contribution >= 0.6 is 11.3 Å². The van der Waals surface area contributed by atoms with Crippen LogP contribution in [-0.4, -0.2) is 46.3 Å². The van der Waals surface area contributed by atoms with Crippen molar-refractivity contribution >= 4 is 17.2 Å². The molecule has 0 radical (unpaired) electrons. The smallest absolute Gasteiger partial charge is 0.272 e. The zero-order valence-corrected chi connectivity index (χ0v) is 16.5. The van der Waals surface area contributed by atoms with Crippen molar-refractivity contribution in [2.24, 2.45) is 0 Å². The zero-order valence-electron chi connectivity index (χ0n) is 15.7.